The van der Waals surface area contributed by atoms with E-state index in [0.29, 0.717) is 6.61 Å². The highest BCUT2D eigenvalue weighted by Crippen LogP contribution is 2.04. The van der Waals surface area contributed by atoms with E-state index in [4.69, 9.17) is 4.74 Å². The second-order valence-electron chi connectivity index (χ2n) is 2.72. The van der Waals surface area contributed by atoms with Gasteiger partial charge in [0.15, 0.2) is 5.65 Å². The second-order valence-corrected chi connectivity index (χ2v) is 2.72. The van der Waals surface area contributed by atoms with Crippen LogP contribution in [0.3, 0.4) is 0 Å². The van der Waals surface area contributed by atoms with E-state index >= 15 is 0 Å². The van der Waals surface area contributed by atoms with E-state index in [1.807, 2.05) is 22.7 Å². The minimum Gasteiger partial charge on any atom is -0.372 e. The average molecular weight is 187 g/mol. The van der Waals surface area contributed by atoms with Crippen LogP contribution in [-0.4, -0.2) is 28.3 Å². The molecule has 0 radical (unpaired) electrons. The van der Waals surface area contributed by atoms with E-state index in [1.54, 1.807) is 13.4 Å². The van der Waals surface area contributed by atoms with Crippen molar-refractivity contribution in [3.8, 4) is 11.8 Å². The van der Waals surface area contributed by atoms with Crippen molar-refractivity contribution in [2.75, 3.05) is 13.7 Å². The Morgan fingerprint density at radius 3 is 3.36 bits per heavy atom. The normalized spacial score (nSPS) is 9.79. The molecule has 0 aliphatic rings. The van der Waals surface area contributed by atoms with Crippen LogP contribution < -0.4 is 0 Å². The van der Waals surface area contributed by atoms with Gasteiger partial charge in [-0.1, -0.05) is 11.8 Å². The van der Waals surface area contributed by atoms with Crippen LogP contribution in [0.2, 0.25) is 0 Å². The number of hydrogen-bond acceptors (Lipinski definition) is 3. The van der Waals surface area contributed by atoms with Gasteiger partial charge >= 0.3 is 0 Å². The van der Waals surface area contributed by atoms with Crippen LogP contribution in [0.1, 0.15) is 5.56 Å². The molecule has 0 aromatic carbocycles. The average Bonchev–Trinajstić information content (AvgIpc) is 2.67. The van der Waals surface area contributed by atoms with Gasteiger partial charge in [-0.2, -0.15) is 0 Å². The lowest BCUT2D eigenvalue weighted by Crippen LogP contribution is -1.87. The molecule has 0 atom stereocenters. The van der Waals surface area contributed by atoms with Crippen LogP contribution in [0.5, 0.6) is 0 Å². The summed E-state index contributed by atoms with van der Waals surface area (Å²) in [6, 6.07) is 3.82. The molecule has 2 aromatic rings. The molecule has 0 fully saturated rings. The van der Waals surface area contributed by atoms with Crippen LogP contribution in [0, 0.1) is 11.8 Å². The summed E-state index contributed by atoms with van der Waals surface area (Å²) in [4.78, 5) is 0. The van der Waals surface area contributed by atoms with Crippen molar-refractivity contribution in [1.82, 2.24) is 14.6 Å². The fourth-order valence-electron chi connectivity index (χ4n) is 1.15. The molecular weight excluding hydrogens is 178 g/mol. The SMILES string of the molecule is COCC#Cc1cccn2cnnc12. The summed E-state index contributed by atoms with van der Waals surface area (Å²) >= 11 is 0. The summed E-state index contributed by atoms with van der Waals surface area (Å²) in [5.41, 5.74) is 1.64. The van der Waals surface area contributed by atoms with E-state index in [2.05, 4.69) is 22.0 Å². The first-order valence-electron chi connectivity index (χ1n) is 4.18. The molecule has 0 saturated heterocycles. The molecule has 70 valence electrons. The van der Waals surface area contributed by atoms with Crippen LogP contribution in [0.25, 0.3) is 5.65 Å². The molecule has 0 spiro atoms. The second kappa shape index (κ2) is 3.90. The van der Waals surface area contributed by atoms with Gasteiger partial charge in [0.05, 0.1) is 5.56 Å². The number of aromatic nitrogens is 3. The molecule has 0 bridgehead atoms. The predicted octanol–water partition coefficient (Wildman–Crippen LogP) is 0.727. The van der Waals surface area contributed by atoms with Crippen molar-refractivity contribution in [1.29, 1.82) is 0 Å². The van der Waals surface area contributed by atoms with E-state index in [1.165, 1.54) is 0 Å². The number of ether oxygens (including phenoxy) is 1. The maximum atomic E-state index is 4.84. The topological polar surface area (TPSA) is 39.4 Å². The summed E-state index contributed by atoms with van der Waals surface area (Å²) in [5.74, 6) is 5.86. The minimum atomic E-state index is 0.426. The zero-order chi connectivity index (χ0) is 9.80. The molecule has 0 N–H and O–H groups in total. The molecule has 14 heavy (non-hydrogen) atoms. The molecule has 4 heteroatoms. The first kappa shape index (κ1) is 8.73. The lowest BCUT2D eigenvalue weighted by atomic mass is 10.3. The monoisotopic (exact) mass is 187 g/mol. The molecule has 0 unspecified atom stereocenters. The molecule has 0 aliphatic heterocycles. The third-order valence-corrected chi connectivity index (χ3v) is 1.76. The Kier molecular flexibility index (Phi) is 2.43. The first-order valence-corrected chi connectivity index (χ1v) is 4.18. The number of hydrogen-bond donors (Lipinski definition) is 0. The first-order chi connectivity index (χ1) is 6.92. The zero-order valence-electron chi connectivity index (χ0n) is 7.77. The number of fused-ring (bicyclic) bond motifs is 1. The smallest absolute Gasteiger partial charge is 0.176 e. The Morgan fingerprint density at radius 2 is 2.50 bits per heavy atom. The number of nitrogens with zero attached hydrogens (tertiary/aromatic N) is 3. The Labute approximate surface area is 81.5 Å². The molecule has 0 amide bonds. The quantitative estimate of drug-likeness (QED) is 0.618. The van der Waals surface area contributed by atoms with Gasteiger partial charge in [-0.3, -0.25) is 4.40 Å². The number of pyridine rings is 1. The zero-order valence-corrected chi connectivity index (χ0v) is 7.77. The highest BCUT2D eigenvalue weighted by molar-refractivity contribution is 5.55. The van der Waals surface area contributed by atoms with Gasteiger partial charge < -0.3 is 4.74 Å². The van der Waals surface area contributed by atoms with Gasteiger partial charge in [0, 0.05) is 13.3 Å². The Bertz CT molecular complexity index is 493. The summed E-state index contributed by atoms with van der Waals surface area (Å²) in [6.07, 6.45) is 3.54. The van der Waals surface area contributed by atoms with Crippen LogP contribution in [0.15, 0.2) is 24.7 Å². The molecule has 2 rings (SSSR count). The van der Waals surface area contributed by atoms with Gasteiger partial charge in [-0.15, -0.1) is 10.2 Å². The Hall–Kier alpha value is -1.86. The van der Waals surface area contributed by atoms with E-state index in [0.717, 1.165) is 11.2 Å². The molecular formula is C10H9N3O. The van der Waals surface area contributed by atoms with E-state index in [-0.39, 0.29) is 0 Å². The van der Waals surface area contributed by atoms with Gasteiger partial charge in [-0.05, 0) is 12.1 Å². The summed E-state index contributed by atoms with van der Waals surface area (Å²) in [6.45, 7) is 0.426. The lowest BCUT2D eigenvalue weighted by molar-refractivity contribution is 0.240. The van der Waals surface area contributed by atoms with Crippen LogP contribution >= 0.6 is 0 Å². The molecule has 0 aliphatic carbocycles. The molecule has 4 nitrogen and oxygen atoms in total. The molecule has 0 saturated carbocycles. The highest BCUT2D eigenvalue weighted by atomic mass is 16.5. The maximum Gasteiger partial charge on any atom is 0.176 e. The van der Waals surface area contributed by atoms with E-state index in [9.17, 15) is 0 Å². The van der Waals surface area contributed by atoms with Crippen molar-refractivity contribution in [2.24, 2.45) is 0 Å². The van der Waals surface area contributed by atoms with Crippen molar-refractivity contribution in [3.05, 3.63) is 30.2 Å². The van der Waals surface area contributed by atoms with Gasteiger partial charge in [0.25, 0.3) is 0 Å². The molecule has 2 aromatic heterocycles. The third kappa shape index (κ3) is 1.58. The standard InChI is InChI=1S/C10H9N3O/c1-14-7-3-5-9-4-2-6-13-8-11-12-10(9)13/h2,4,6,8H,7H2,1H3. The van der Waals surface area contributed by atoms with Crippen LogP contribution in [0.4, 0.5) is 0 Å². The Morgan fingerprint density at radius 1 is 1.57 bits per heavy atom. The van der Waals surface area contributed by atoms with Crippen molar-refractivity contribution in [2.45, 2.75) is 0 Å². The summed E-state index contributed by atoms with van der Waals surface area (Å²) in [7, 11) is 1.62. The van der Waals surface area contributed by atoms with Crippen molar-refractivity contribution in [3.63, 3.8) is 0 Å². The highest BCUT2D eigenvalue weighted by Gasteiger charge is 1.98. The van der Waals surface area contributed by atoms with Crippen molar-refractivity contribution < 1.29 is 4.74 Å². The fraction of sp³-hybridized carbons (Fsp3) is 0.200. The largest absolute Gasteiger partial charge is 0.372 e. The predicted molar refractivity (Wildman–Crippen MR) is 51.7 cm³/mol. The minimum absolute atomic E-state index is 0.426. The summed E-state index contributed by atoms with van der Waals surface area (Å²) < 4.78 is 6.67. The third-order valence-electron chi connectivity index (χ3n) is 1.76. The van der Waals surface area contributed by atoms with Gasteiger partial charge in [0.1, 0.15) is 12.9 Å². The molecule has 2 heterocycles. The summed E-state index contributed by atoms with van der Waals surface area (Å²) in [5, 5.41) is 7.77. The van der Waals surface area contributed by atoms with Gasteiger partial charge in [-0.25, -0.2) is 0 Å². The Balaban J connectivity index is 2.43. The van der Waals surface area contributed by atoms with Gasteiger partial charge in [0.2, 0.25) is 0 Å². The van der Waals surface area contributed by atoms with Crippen molar-refractivity contribution >= 4 is 5.65 Å². The van der Waals surface area contributed by atoms with E-state index < -0.39 is 0 Å². The number of rotatable bonds is 1. The lowest BCUT2D eigenvalue weighted by Gasteiger charge is -1.93. The maximum absolute atomic E-state index is 4.84. The number of methoxy groups -OCH3 is 1. The van der Waals surface area contributed by atoms with Crippen LogP contribution in [-0.2, 0) is 4.74 Å². The fourth-order valence-corrected chi connectivity index (χ4v) is 1.15.